The van der Waals surface area contributed by atoms with Gasteiger partial charge >= 0.3 is 0 Å². The summed E-state index contributed by atoms with van der Waals surface area (Å²) in [5.74, 6) is 1.72. The molecule has 6 heteroatoms. The lowest BCUT2D eigenvalue weighted by molar-refractivity contribution is -0.121. The first kappa shape index (κ1) is 14.7. The molecule has 0 radical (unpaired) electrons. The number of benzene rings is 1. The predicted molar refractivity (Wildman–Crippen MR) is 88.8 cm³/mol. The molecule has 0 aliphatic carbocycles. The highest BCUT2D eigenvalue weighted by atomic mass is 16.5. The Morgan fingerprint density at radius 3 is 3.17 bits per heavy atom. The van der Waals surface area contributed by atoms with E-state index < -0.39 is 0 Å². The molecule has 2 aromatic heterocycles. The molecule has 4 rings (SSSR count). The second-order valence-corrected chi connectivity index (χ2v) is 5.86. The van der Waals surface area contributed by atoms with Crippen LogP contribution in [0.3, 0.4) is 0 Å². The Morgan fingerprint density at radius 1 is 1.25 bits per heavy atom. The number of pyridine rings is 1. The highest BCUT2D eigenvalue weighted by Crippen LogP contribution is 2.26. The van der Waals surface area contributed by atoms with Crippen LogP contribution in [0.5, 0.6) is 5.75 Å². The average molecular weight is 322 g/mol. The Morgan fingerprint density at radius 2 is 2.21 bits per heavy atom. The van der Waals surface area contributed by atoms with E-state index in [0.29, 0.717) is 13.0 Å². The number of aromatic nitrogens is 3. The van der Waals surface area contributed by atoms with Crippen molar-refractivity contribution >= 4 is 11.6 Å². The van der Waals surface area contributed by atoms with Gasteiger partial charge in [0.2, 0.25) is 5.91 Å². The summed E-state index contributed by atoms with van der Waals surface area (Å²) in [7, 11) is 0. The van der Waals surface area contributed by atoms with Gasteiger partial charge in [-0.25, -0.2) is 0 Å². The molecule has 0 saturated heterocycles. The fourth-order valence-electron chi connectivity index (χ4n) is 2.93. The largest absolute Gasteiger partial charge is 0.493 e. The molecule has 3 aromatic rings. The maximum absolute atomic E-state index is 12.1. The first-order chi connectivity index (χ1) is 11.8. The molecular formula is C18H18N4O2. The zero-order valence-electron chi connectivity index (χ0n) is 13.2. The van der Waals surface area contributed by atoms with Gasteiger partial charge in [0.15, 0.2) is 11.5 Å². The molecule has 1 aliphatic heterocycles. The zero-order valence-corrected chi connectivity index (χ0v) is 13.2. The number of nitrogens with one attached hydrogen (secondary N) is 1. The summed E-state index contributed by atoms with van der Waals surface area (Å²) in [6.45, 7) is 1.13. The van der Waals surface area contributed by atoms with Gasteiger partial charge in [-0.05, 0) is 35.7 Å². The Bertz CT molecular complexity index is 888. The topological polar surface area (TPSA) is 68.5 Å². The third-order valence-corrected chi connectivity index (χ3v) is 4.22. The third-order valence-electron chi connectivity index (χ3n) is 4.22. The molecule has 1 amide bonds. The molecule has 0 bridgehead atoms. The quantitative estimate of drug-likeness (QED) is 0.779. The number of hydrogen-bond acceptors (Lipinski definition) is 4. The summed E-state index contributed by atoms with van der Waals surface area (Å²) in [5.41, 5.74) is 3.19. The second kappa shape index (κ2) is 6.31. The van der Waals surface area contributed by atoms with Gasteiger partial charge in [0.1, 0.15) is 5.75 Å². The van der Waals surface area contributed by atoms with Crippen LogP contribution in [0.1, 0.15) is 23.4 Å². The summed E-state index contributed by atoms with van der Waals surface area (Å²) >= 11 is 0. The van der Waals surface area contributed by atoms with Gasteiger partial charge in [-0.3, -0.25) is 9.20 Å². The van der Waals surface area contributed by atoms with Crippen molar-refractivity contribution in [2.75, 3.05) is 6.61 Å². The predicted octanol–water partition coefficient (Wildman–Crippen LogP) is 1.91. The van der Waals surface area contributed by atoms with Gasteiger partial charge in [0.25, 0.3) is 0 Å². The highest BCUT2D eigenvalue weighted by molar-refractivity contribution is 5.76. The van der Waals surface area contributed by atoms with E-state index in [2.05, 4.69) is 21.6 Å². The van der Waals surface area contributed by atoms with E-state index in [0.717, 1.165) is 36.7 Å². The minimum Gasteiger partial charge on any atom is -0.493 e. The van der Waals surface area contributed by atoms with Crippen molar-refractivity contribution < 1.29 is 9.53 Å². The van der Waals surface area contributed by atoms with E-state index in [9.17, 15) is 4.79 Å². The Labute approximate surface area is 139 Å². The standard InChI is InChI=1S/C18H18N4O2/c23-18(7-5-13-4-6-15-14(11-13)8-10-24-15)19-12-17-21-20-16-3-1-2-9-22(16)17/h1-4,6,9,11H,5,7-8,10,12H2,(H,19,23). The number of rotatable bonds is 5. The molecular weight excluding hydrogens is 304 g/mol. The van der Waals surface area contributed by atoms with Crippen LogP contribution in [-0.2, 0) is 24.2 Å². The molecule has 6 nitrogen and oxygen atoms in total. The van der Waals surface area contributed by atoms with Crippen LogP contribution >= 0.6 is 0 Å². The highest BCUT2D eigenvalue weighted by Gasteiger charge is 2.12. The molecule has 1 aliphatic rings. The number of fused-ring (bicyclic) bond motifs is 2. The molecule has 1 aromatic carbocycles. The van der Waals surface area contributed by atoms with Crippen molar-refractivity contribution in [1.29, 1.82) is 0 Å². The van der Waals surface area contributed by atoms with E-state index in [1.807, 2.05) is 40.9 Å². The molecule has 0 unspecified atom stereocenters. The number of ether oxygens (including phenoxy) is 1. The monoisotopic (exact) mass is 322 g/mol. The lowest BCUT2D eigenvalue weighted by atomic mass is 10.0. The summed E-state index contributed by atoms with van der Waals surface area (Å²) in [6, 6.07) is 11.9. The summed E-state index contributed by atoms with van der Waals surface area (Å²) < 4.78 is 7.38. The van der Waals surface area contributed by atoms with Crippen LogP contribution in [0, 0.1) is 0 Å². The van der Waals surface area contributed by atoms with Crippen molar-refractivity contribution in [2.45, 2.75) is 25.8 Å². The second-order valence-electron chi connectivity index (χ2n) is 5.86. The van der Waals surface area contributed by atoms with Gasteiger partial charge in [-0.15, -0.1) is 10.2 Å². The molecule has 122 valence electrons. The molecule has 0 atom stereocenters. The zero-order chi connectivity index (χ0) is 16.4. The van der Waals surface area contributed by atoms with Crippen LogP contribution in [0.15, 0.2) is 42.6 Å². The Balaban J connectivity index is 1.32. The number of aryl methyl sites for hydroxylation is 1. The van der Waals surface area contributed by atoms with Crippen molar-refractivity contribution in [3.8, 4) is 5.75 Å². The van der Waals surface area contributed by atoms with Crippen molar-refractivity contribution in [2.24, 2.45) is 0 Å². The van der Waals surface area contributed by atoms with Crippen LogP contribution in [0.25, 0.3) is 5.65 Å². The smallest absolute Gasteiger partial charge is 0.220 e. The summed E-state index contributed by atoms with van der Waals surface area (Å²) in [5, 5.41) is 11.1. The van der Waals surface area contributed by atoms with Crippen molar-refractivity contribution in [3.63, 3.8) is 0 Å². The molecule has 3 heterocycles. The van der Waals surface area contributed by atoms with Crippen molar-refractivity contribution in [1.82, 2.24) is 19.9 Å². The van der Waals surface area contributed by atoms with Crippen LogP contribution < -0.4 is 10.1 Å². The summed E-state index contributed by atoms with van der Waals surface area (Å²) in [4.78, 5) is 12.1. The minimum absolute atomic E-state index is 0.0134. The van der Waals surface area contributed by atoms with Crippen molar-refractivity contribution in [3.05, 3.63) is 59.5 Å². The number of nitrogens with zero attached hydrogens (tertiary/aromatic N) is 3. The van der Waals surface area contributed by atoms with E-state index in [-0.39, 0.29) is 5.91 Å². The fourth-order valence-corrected chi connectivity index (χ4v) is 2.93. The van der Waals surface area contributed by atoms with Gasteiger partial charge in [0.05, 0.1) is 13.2 Å². The van der Waals surface area contributed by atoms with Gasteiger partial charge < -0.3 is 10.1 Å². The van der Waals surface area contributed by atoms with Gasteiger partial charge in [0, 0.05) is 19.0 Å². The number of hydrogen-bond donors (Lipinski definition) is 1. The first-order valence-electron chi connectivity index (χ1n) is 8.09. The van der Waals surface area contributed by atoms with Crippen LogP contribution in [-0.4, -0.2) is 27.1 Å². The maximum Gasteiger partial charge on any atom is 0.220 e. The molecule has 1 N–H and O–H groups in total. The van der Waals surface area contributed by atoms with E-state index in [1.165, 1.54) is 11.1 Å². The fraction of sp³-hybridized carbons (Fsp3) is 0.278. The molecule has 24 heavy (non-hydrogen) atoms. The third kappa shape index (κ3) is 2.95. The average Bonchev–Trinajstić information content (AvgIpc) is 3.24. The number of amides is 1. The van der Waals surface area contributed by atoms with E-state index in [4.69, 9.17) is 4.74 Å². The Hall–Kier alpha value is -2.89. The molecule has 0 fully saturated rings. The van der Waals surface area contributed by atoms with E-state index >= 15 is 0 Å². The number of carbonyl (C=O) groups excluding carboxylic acids is 1. The SMILES string of the molecule is O=C(CCc1ccc2c(c1)CCO2)NCc1nnc2ccccn12. The normalized spacial score (nSPS) is 12.8. The van der Waals surface area contributed by atoms with Gasteiger partial charge in [-0.2, -0.15) is 0 Å². The maximum atomic E-state index is 12.1. The Kier molecular flexibility index (Phi) is 3.86. The van der Waals surface area contributed by atoms with E-state index in [1.54, 1.807) is 0 Å². The lowest BCUT2D eigenvalue weighted by Crippen LogP contribution is -2.24. The molecule has 0 spiro atoms. The minimum atomic E-state index is 0.0134. The molecule has 0 saturated carbocycles. The van der Waals surface area contributed by atoms with Crippen LogP contribution in [0.2, 0.25) is 0 Å². The first-order valence-corrected chi connectivity index (χ1v) is 8.09. The summed E-state index contributed by atoms with van der Waals surface area (Å²) in [6.07, 6.45) is 4.02. The van der Waals surface area contributed by atoms with Crippen LogP contribution in [0.4, 0.5) is 0 Å². The lowest BCUT2D eigenvalue weighted by Gasteiger charge is -2.06. The number of carbonyl (C=O) groups is 1. The van der Waals surface area contributed by atoms with Gasteiger partial charge in [-0.1, -0.05) is 18.2 Å².